The standard InChI is InChI=1S/C18H16ClN5O/c19-15-3-1-12(2-4-15)13-7-14(9-20-8-13)18(25)23-16-5-6-17-21-11-22-24(17)10-16/h1-4,7-9,11,16H,5-6,10H2,(H,23,25)/t16-/m0/s1. The van der Waals surface area contributed by atoms with E-state index in [0.717, 1.165) is 29.8 Å². The van der Waals surface area contributed by atoms with Gasteiger partial charge in [0.25, 0.3) is 5.91 Å². The number of aryl methyl sites for hydroxylation is 1. The number of aromatic nitrogens is 4. The van der Waals surface area contributed by atoms with Crippen LogP contribution in [0.15, 0.2) is 49.1 Å². The van der Waals surface area contributed by atoms with Gasteiger partial charge in [-0.25, -0.2) is 9.67 Å². The number of nitrogens with zero attached hydrogens (tertiary/aromatic N) is 4. The van der Waals surface area contributed by atoms with Gasteiger partial charge >= 0.3 is 0 Å². The van der Waals surface area contributed by atoms with E-state index in [9.17, 15) is 4.79 Å². The molecule has 4 rings (SSSR count). The Morgan fingerprint density at radius 1 is 1.20 bits per heavy atom. The molecule has 126 valence electrons. The normalized spacial score (nSPS) is 16.3. The van der Waals surface area contributed by atoms with Crippen LogP contribution in [0.3, 0.4) is 0 Å². The van der Waals surface area contributed by atoms with Crippen LogP contribution in [0.25, 0.3) is 11.1 Å². The molecule has 1 aromatic carbocycles. The lowest BCUT2D eigenvalue weighted by atomic mass is 10.0. The SMILES string of the molecule is O=C(N[C@H]1CCc2ncnn2C1)c1cncc(-c2ccc(Cl)cc2)c1. The number of hydrogen-bond donors (Lipinski definition) is 1. The smallest absolute Gasteiger partial charge is 0.253 e. The summed E-state index contributed by atoms with van der Waals surface area (Å²) in [6.45, 7) is 0.644. The van der Waals surface area contributed by atoms with Gasteiger partial charge in [0.1, 0.15) is 12.2 Å². The minimum absolute atomic E-state index is 0.0425. The van der Waals surface area contributed by atoms with E-state index < -0.39 is 0 Å². The average molecular weight is 354 g/mol. The van der Waals surface area contributed by atoms with Crippen molar-refractivity contribution in [1.82, 2.24) is 25.1 Å². The Bertz CT molecular complexity index is 906. The van der Waals surface area contributed by atoms with Crippen molar-refractivity contribution in [1.29, 1.82) is 0 Å². The van der Waals surface area contributed by atoms with Crippen LogP contribution in [0.1, 0.15) is 22.6 Å². The van der Waals surface area contributed by atoms with Gasteiger partial charge in [-0.1, -0.05) is 23.7 Å². The van der Waals surface area contributed by atoms with Crippen LogP contribution in [0.2, 0.25) is 5.02 Å². The lowest BCUT2D eigenvalue weighted by molar-refractivity contribution is 0.0926. The van der Waals surface area contributed by atoms with Crippen molar-refractivity contribution in [3.63, 3.8) is 0 Å². The van der Waals surface area contributed by atoms with Gasteiger partial charge in [0.05, 0.1) is 12.1 Å². The Hall–Kier alpha value is -2.73. The molecule has 7 heteroatoms. The molecule has 2 aromatic heterocycles. The molecular weight excluding hydrogens is 338 g/mol. The van der Waals surface area contributed by atoms with Crippen LogP contribution in [0.4, 0.5) is 0 Å². The number of rotatable bonds is 3. The maximum absolute atomic E-state index is 12.6. The van der Waals surface area contributed by atoms with E-state index in [1.165, 1.54) is 0 Å². The Morgan fingerprint density at radius 2 is 2.04 bits per heavy atom. The minimum Gasteiger partial charge on any atom is -0.347 e. The van der Waals surface area contributed by atoms with Gasteiger partial charge in [-0.3, -0.25) is 9.78 Å². The Labute approximate surface area is 149 Å². The van der Waals surface area contributed by atoms with E-state index in [-0.39, 0.29) is 11.9 Å². The van der Waals surface area contributed by atoms with Crippen molar-refractivity contribution < 1.29 is 4.79 Å². The van der Waals surface area contributed by atoms with Crippen LogP contribution in [0.5, 0.6) is 0 Å². The summed E-state index contributed by atoms with van der Waals surface area (Å²) in [5.41, 5.74) is 2.39. The third kappa shape index (κ3) is 3.39. The number of hydrogen-bond acceptors (Lipinski definition) is 4. The summed E-state index contributed by atoms with van der Waals surface area (Å²) in [5, 5.41) is 7.92. The van der Waals surface area contributed by atoms with Crippen molar-refractivity contribution in [2.75, 3.05) is 0 Å². The Morgan fingerprint density at radius 3 is 2.88 bits per heavy atom. The van der Waals surface area contributed by atoms with Crippen LogP contribution < -0.4 is 5.32 Å². The van der Waals surface area contributed by atoms with Gasteiger partial charge in [0.15, 0.2) is 0 Å². The fraction of sp³-hybridized carbons (Fsp3) is 0.222. The molecule has 0 spiro atoms. The van der Waals surface area contributed by atoms with Crippen LogP contribution >= 0.6 is 11.6 Å². The van der Waals surface area contributed by atoms with Crippen LogP contribution in [-0.4, -0.2) is 31.7 Å². The molecule has 25 heavy (non-hydrogen) atoms. The van der Waals surface area contributed by atoms with Gasteiger partial charge in [0, 0.05) is 35.4 Å². The van der Waals surface area contributed by atoms with Gasteiger partial charge in [-0.05, 0) is 30.2 Å². The summed E-state index contributed by atoms with van der Waals surface area (Å²) >= 11 is 5.93. The fourth-order valence-electron chi connectivity index (χ4n) is 2.99. The molecule has 0 fully saturated rings. The van der Waals surface area contributed by atoms with E-state index in [0.29, 0.717) is 17.1 Å². The first kappa shape index (κ1) is 15.8. The number of pyridine rings is 1. The molecular formula is C18H16ClN5O. The van der Waals surface area contributed by atoms with Crippen LogP contribution in [0, 0.1) is 0 Å². The second kappa shape index (κ2) is 6.64. The zero-order chi connectivity index (χ0) is 17.2. The van der Waals surface area contributed by atoms with E-state index >= 15 is 0 Å². The number of halogens is 1. The highest BCUT2D eigenvalue weighted by atomic mass is 35.5. The molecule has 0 saturated heterocycles. The predicted molar refractivity (Wildman–Crippen MR) is 94.3 cm³/mol. The van der Waals surface area contributed by atoms with E-state index in [1.54, 1.807) is 18.7 Å². The average Bonchev–Trinajstić information content (AvgIpc) is 3.10. The second-order valence-corrected chi connectivity index (χ2v) is 6.47. The van der Waals surface area contributed by atoms with Crippen molar-refractivity contribution in [2.45, 2.75) is 25.4 Å². The molecule has 3 heterocycles. The van der Waals surface area contributed by atoms with E-state index in [4.69, 9.17) is 11.6 Å². The van der Waals surface area contributed by atoms with Crippen molar-refractivity contribution >= 4 is 17.5 Å². The Balaban J connectivity index is 1.49. The van der Waals surface area contributed by atoms with Gasteiger partial charge < -0.3 is 5.32 Å². The first-order valence-corrected chi connectivity index (χ1v) is 8.45. The topological polar surface area (TPSA) is 72.7 Å². The number of benzene rings is 1. The van der Waals surface area contributed by atoms with E-state index in [1.807, 2.05) is 35.0 Å². The molecule has 0 unspecified atom stereocenters. The maximum Gasteiger partial charge on any atom is 0.253 e. The number of carbonyl (C=O) groups is 1. The summed E-state index contributed by atoms with van der Waals surface area (Å²) in [5.74, 6) is 0.841. The van der Waals surface area contributed by atoms with Crippen LogP contribution in [-0.2, 0) is 13.0 Å². The third-order valence-electron chi connectivity index (χ3n) is 4.32. The molecule has 0 saturated carbocycles. The van der Waals surface area contributed by atoms with Crippen molar-refractivity contribution in [3.8, 4) is 11.1 Å². The van der Waals surface area contributed by atoms with Crippen molar-refractivity contribution in [2.24, 2.45) is 0 Å². The summed E-state index contributed by atoms with van der Waals surface area (Å²) < 4.78 is 1.84. The Kier molecular flexibility index (Phi) is 4.19. The zero-order valence-corrected chi connectivity index (χ0v) is 14.1. The summed E-state index contributed by atoms with van der Waals surface area (Å²) in [4.78, 5) is 21.0. The summed E-state index contributed by atoms with van der Waals surface area (Å²) in [6, 6.07) is 9.35. The predicted octanol–water partition coefficient (Wildman–Crippen LogP) is 2.74. The largest absolute Gasteiger partial charge is 0.347 e. The lowest BCUT2D eigenvalue weighted by Crippen LogP contribution is -2.41. The molecule has 0 radical (unpaired) electrons. The molecule has 1 N–H and O–H groups in total. The zero-order valence-electron chi connectivity index (χ0n) is 13.4. The summed E-state index contributed by atoms with van der Waals surface area (Å²) in [7, 11) is 0. The first-order chi connectivity index (χ1) is 12.2. The highest BCUT2D eigenvalue weighted by Crippen LogP contribution is 2.22. The first-order valence-electron chi connectivity index (χ1n) is 8.07. The molecule has 0 aliphatic carbocycles. The highest BCUT2D eigenvalue weighted by molar-refractivity contribution is 6.30. The number of nitrogens with one attached hydrogen (secondary N) is 1. The quantitative estimate of drug-likeness (QED) is 0.785. The highest BCUT2D eigenvalue weighted by Gasteiger charge is 2.22. The molecule has 3 aromatic rings. The molecule has 1 aliphatic heterocycles. The maximum atomic E-state index is 12.6. The van der Waals surface area contributed by atoms with Crippen molar-refractivity contribution in [3.05, 3.63) is 65.5 Å². The molecule has 6 nitrogen and oxygen atoms in total. The second-order valence-electron chi connectivity index (χ2n) is 6.04. The molecule has 1 amide bonds. The minimum atomic E-state index is -0.128. The number of amides is 1. The monoisotopic (exact) mass is 353 g/mol. The van der Waals surface area contributed by atoms with E-state index in [2.05, 4.69) is 20.4 Å². The molecule has 1 atom stereocenters. The number of fused-ring (bicyclic) bond motifs is 1. The lowest BCUT2D eigenvalue weighted by Gasteiger charge is -2.23. The molecule has 0 bridgehead atoms. The molecule has 1 aliphatic rings. The van der Waals surface area contributed by atoms with Gasteiger partial charge in [-0.15, -0.1) is 0 Å². The number of carbonyl (C=O) groups excluding carboxylic acids is 1. The fourth-order valence-corrected chi connectivity index (χ4v) is 3.11. The van der Waals surface area contributed by atoms with Gasteiger partial charge in [-0.2, -0.15) is 5.10 Å². The van der Waals surface area contributed by atoms with Gasteiger partial charge in [0.2, 0.25) is 0 Å². The third-order valence-corrected chi connectivity index (χ3v) is 4.57. The summed E-state index contributed by atoms with van der Waals surface area (Å²) in [6.07, 6.45) is 6.54.